The molecule has 25 heavy (non-hydrogen) atoms. The van der Waals surface area contributed by atoms with Crippen molar-refractivity contribution in [2.24, 2.45) is 10.7 Å². The molecule has 0 bridgehead atoms. The predicted molar refractivity (Wildman–Crippen MR) is 95.0 cm³/mol. The van der Waals surface area contributed by atoms with E-state index in [-0.39, 0.29) is 16.6 Å². The molecule has 1 amide bonds. The van der Waals surface area contributed by atoms with Crippen LogP contribution in [0.25, 0.3) is 0 Å². The van der Waals surface area contributed by atoms with E-state index in [4.69, 9.17) is 14.9 Å². The van der Waals surface area contributed by atoms with Crippen LogP contribution in [0.5, 0.6) is 5.75 Å². The first-order valence-corrected chi connectivity index (χ1v) is 7.78. The fourth-order valence-electron chi connectivity index (χ4n) is 1.77. The molecule has 0 aliphatic carbocycles. The first kappa shape index (κ1) is 18.1. The number of carbonyl (C=O) groups excluding carboxylic acids is 1. The maximum absolute atomic E-state index is 12.2. The molecule has 2 aromatic heterocycles. The first-order valence-electron chi connectivity index (χ1n) is 6.96. The van der Waals surface area contributed by atoms with Crippen molar-refractivity contribution in [2.45, 2.75) is 6.92 Å². The van der Waals surface area contributed by atoms with Gasteiger partial charge >= 0.3 is 5.63 Å². The van der Waals surface area contributed by atoms with E-state index in [0.29, 0.717) is 16.5 Å². The van der Waals surface area contributed by atoms with E-state index in [1.54, 1.807) is 20.0 Å². The van der Waals surface area contributed by atoms with Gasteiger partial charge in [-0.05, 0) is 19.2 Å². The van der Waals surface area contributed by atoms with Gasteiger partial charge in [0.05, 0.1) is 12.8 Å². The number of hydrogen-bond donors (Lipinski definition) is 3. The molecule has 0 saturated heterocycles. The maximum atomic E-state index is 12.2. The summed E-state index contributed by atoms with van der Waals surface area (Å²) >= 11 is 1.06. The highest BCUT2D eigenvalue weighted by Gasteiger charge is 2.18. The van der Waals surface area contributed by atoms with Gasteiger partial charge in [-0.1, -0.05) is 11.3 Å². The SMILES string of the molecule is CNc1cc(C(=O)Nc2nnc(N=C(C)C=CN)s2)oc(=O)c1OC. The van der Waals surface area contributed by atoms with Crippen LogP contribution in [0.1, 0.15) is 17.5 Å². The molecule has 0 saturated carbocycles. The van der Waals surface area contributed by atoms with Crippen molar-refractivity contribution in [1.82, 2.24) is 10.2 Å². The summed E-state index contributed by atoms with van der Waals surface area (Å²) in [4.78, 5) is 28.2. The van der Waals surface area contributed by atoms with Crippen LogP contribution < -0.4 is 26.7 Å². The van der Waals surface area contributed by atoms with Crippen LogP contribution >= 0.6 is 11.3 Å². The fraction of sp³-hybridized carbons (Fsp3) is 0.214. The smallest absolute Gasteiger partial charge is 0.381 e. The second-order valence-electron chi connectivity index (χ2n) is 4.55. The summed E-state index contributed by atoms with van der Waals surface area (Å²) in [5, 5.41) is 13.4. The molecule has 0 spiro atoms. The van der Waals surface area contributed by atoms with Crippen LogP contribution in [-0.4, -0.2) is 36.0 Å². The summed E-state index contributed by atoms with van der Waals surface area (Å²) in [6.45, 7) is 1.74. The molecule has 4 N–H and O–H groups in total. The Bertz CT molecular complexity index is 886. The first-order chi connectivity index (χ1) is 12.0. The zero-order valence-corrected chi connectivity index (χ0v) is 14.5. The molecule has 10 nitrogen and oxygen atoms in total. The topological polar surface area (TPSA) is 145 Å². The van der Waals surface area contributed by atoms with Gasteiger partial charge in [-0.2, -0.15) is 0 Å². The number of nitrogens with one attached hydrogen (secondary N) is 2. The van der Waals surface area contributed by atoms with Gasteiger partial charge in [0.1, 0.15) is 0 Å². The van der Waals surface area contributed by atoms with Crippen molar-refractivity contribution < 1.29 is 13.9 Å². The molecule has 2 heterocycles. The molecule has 0 aromatic carbocycles. The van der Waals surface area contributed by atoms with E-state index in [2.05, 4.69) is 25.8 Å². The van der Waals surface area contributed by atoms with Gasteiger partial charge < -0.3 is 20.2 Å². The van der Waals surface area contributed by atoms with Crippen LogP contribution in [0.2, 0.25) is 0 Å². The third-order valence-corrected chi connectivity index (χ3v) is 3.58. The Morgan fingerprint density at radius 3 is 2.88 bits per heavy atom. The highest BCUT2D eigenvalue weighted by atomic mass is 32.1. The third kappa shape index (κ3) is 4.41. The molecule has 0 aliphatic rings. The lowest BCUT2D eigenvalue weighted by Gasteiger charge is -2.07. The summed E-state index contributed by atoms with van der Waals surface area (Å²) in [6, 6.07) is 1.35. The van der Waals surface area contributed by atoms with Crippen molar-refractivity contribution >= 4 is 38.9 Å². The molecule has 0 aliphatic heterocycles. The summed E-state index contributed by atoms with van der Waals surface area (Å²) < 4.78 is 9.88. The van der Waals surface area contributed by atoms with E-state index in [1.165, 1.54) is 19.4 Å². The Labute approximate surface area is 146 Å². The average molecular weight is 364 g/mol. The molecular weight excluding hydrogens is 348 g/mol. The summed E-state index contributed by atoms with van der Waals surface area (Å²) in [6.07, 6.45) is 2.96. The number of hydrogen-bond acceptors (Lipinski definition) is 10. The predicted octanol–water partition coefficient (Wildman–Crippen LogP) is 1.36. The minimum Gasteiger partial charge on any atom is -0.488 e. The Balaban J connectivity index is 2.21. The highest BCUT2D eigenvalue weighted by molar-refractivity contribution is 7.18. The van der Waals surface area contributed by atoms with Crippen molar-refractivity contribution in [3.05, 3.63) is 34.5 Å². The van der Waals surface area contributed by atoms with Gasteiger partial charge in [-0.15, -0.1) is 10.2 Å². The monoisotopic (exact) mass is 364 g/mol. The normalized spacial score (nSPS) is 11.6. The van der Waals surface area contributed by atoms with Crippen LogP contribution in [-0.2, 0) is 0 Å². The van der Waals surface area contributed by atoms with Gasteiger partial charge in [0, 0.05) is 18.8 Å². The number of methoxy groups -OCH3 is 1. The molecule has 0 fully saturated rings. The third-order valence-electron chi connectivity index (χ3n) is 2.85. The molecule has 11 heteroatoms. The molecule has 2 aromatic rings. The van der Waals surface area contributed by atoms with Gasteiger partial charge in [0.25, 0.3) is 5.91 Å². The van der Waals surface area contributed by atoms with Gasteiger partial charge in [0.2, 0.25) is 16.0 Å². The van der Waals surface area contributed by atoms with E-state index < -0.39 is 11.5 Å². The number of ether oxygens (including phenoxy) is 1. The van der Waals surface area contributed by atoms with Gasteiger partial charge in [0.15, 0.2) is 5.76 Å². The number of aliphatic imine (C=N–C) groups is 1. The van der Waals surface area contributed by atoms with Crippen molar-refractivity contribution in [3.8, 4) is 5.75 Å². The fourth-order valence-corrected chi connectivity index (χ4v) is 2.44. The number of anilines is 2. The largest absolute Gasteiger partial charge is 0.488 e. The van der Waals surface area contributed by atoms with Crippen LogP contribution in [0.3, 0.4) is 0 Å². The Hall–Kier alpha value is -3.21. The Morgan fingerprint density at radius 2 is 2.24 bits per heavy atom. The van der Waals surface area contributed by atoms with E-state index in [1.807, 2.05) is 0 Å². The average Bonchev–Trinajstić information content (AvgIpc) is 3.00. The van der Waals surface area contributed by atoms with Crippen LogP contribution in [0.15, 0.2) is 32.5 Å². The second-order valence-corrected chi connectivity index (χ2v) is 5.51. The number of rotatable bonds is 6. The quantitative estimate of drug-likeness (QED) is 0.651. The summed E-state index contributed by atoms with van der Waals surface area (Å²) in [7, 11) is 2.92. The van der Waals surface area contributed by atoms with Crippen molar-refractivity contribution in [3.63, 3.8) is 0 Å². The number of nitrogens with zero attached hydrogens (tertiary/aromatic N) is 3. The lowest BCUT2D eigenvalue weighted by molar-refractivity contribution is 0.0991. The lowest BCUT2D eigenvalue weighted by atomic mass is 10.3. The second kappa shape index (κ2) is 8.06. The van der Waals surface area contributed by atoms with Gasteiger partial charge in [-0.25, -0.2) is 9.79 Å². The zero-order chi connectivity index (χ0) is 18.4. The molecule has 132 valence electrons. The standard InChI is InChI=1S/C14H16N6O4S/c1-7(4-5-15)17-13-19-20-14(25-13)18-11(21)9-6-8(16-2)10(23-3)12(22)24-9/h4-6,16H,15H2,1-3H3,(H,18,20,21). The molecule has 0 unspecified atom stereocenters. The Kier molecular flexibility index (Phi) is 5.84. The number of carbonyl (C=O) groups is 1. The van der Waals surface area contributed by atoms with Crippen LogP contribution in [0, 0.1) is 0 Å². The van der Waals surface area contributed by atoms with E-state index in [0.717, 1.165) is 11.3 Å². The van der Waals surface area contributed by atoms with E-state index in [9.17, 15) is 9.59 Å². The molecule has 0 atom stereocenters. The van der Waals surface area contributed by atoms with Crippen LogP contribution in [0.4, 0.5) is 16.0 Å². The summed E-state index contributed by atoms with van der Waals surface area (Å²) in [5.41, 5.74) is 5.47. The summed E-state index contributed by atoms with van der Waals surface area (Å²) in [5.74, 6) is -0.867. The number of nitrogens with two attached hydrogens (primary N) is 1. The molecular formula is C14H16N6O4S. The van der Waals surface area contributed by atoms with Crippen molar-refractivity contribution in [2.75, 3.05) is 24.8 Å². The minimum atomic E-state index is -0.772. The number of aromatic nitrogens is 2. The van der Waals surface area contributed by atoms with Gasteiger partial charge in [-0.3, -0.25) is 10.1 Å². The number of amides is 1. The molecule has 0 radical (unpaired) electrons. The maximum Gasteiger partial charge on any atom is 0.381 e. The molecule has 2 rings (SSSR count). The Morgan fingerprint density at radius 1 is 1.48 bits per heavy atom. The zero-order valence-electron chi connectivity index (χ0n) is 13.7. The van der Waals surface area contributed by atoms with E-state index >= 15 is 0 Å². The van der Waals surface area contributed by atoms with Crippen molar-refractivity contribution in [1.29, 1.82) is 0 Å². The minimum absolute atomic E-state index is 0.0185. The number of allylic oxidation sites excluding steroid dienone is 1. The lowest BCUT2D eigenvalue weighted by Crippen LogP contribution is -2.16. The highest BCUT2D eigenvalue weighted by Crippen LogP contribution is 2.25.